The van der Waals surface area contributed by atoms with Crippen LogP contribution in [0.3, 0.4) is 0 Å². The minimum absolute atomic E-state index is 0. The summed E-state index contributed by atoms with van der Waals surface area (Å²) in [6, 6.07) is 8.22. The number of halogens is 1. The smallest absolute Gasteiger partial charge is 0.191 e. The van der Waals surface area contributed by atoms with Gasteiger partial charge < -0.3 is 20.1 Å². The lowest BCUT2D eigenvalue weighted by Crippen LogP contribution is -2.45. The number of hydrogen-bond donors (Lipinski definition) is 1. The Bertz CT molecular complexity index is 509. The van der Waals surface area contributed by atoms with Gasteiger partial charge in [-0.3, -0.25) is 0 Å². The summed E-state index contributed by atoms with van der Waals surface area (Å²) in [5.74, 6) is 1.46. The van der Waals surface area contributed by atoms with E-state index in [0.29, 0.717) is 32.3 Å². The van der Waals surface area contributed by atoms with Crippen LogP contribution in [0.5, 0.6) is 5.75 Å². The van der Waals surface area contributed by atoms with Gasteiger partial charge in [-0.2, -0.15) is 0 Å². The van der Waals surface area contributed by atoms with Crippen molar-refractivity contribution in [3.8, 4) is 5.75 Å². The monoisotopic (exact) mass is 433 g/mol. The summed E-state index contributed by atoms with van der Waals surface area (Å²) >= 11 is 0. The Labute approximate surface area is 156 Å². The first kappa shape index (κ1) is 20.0. The maximum absolute atomic E-state index is 5.97. The van der Waals surface area contributed by atoms with Crippen molar-refractivity contribution < 1.29 is 9.47 Å². The molecule has 1 aliphatic rings. The lowest BCUT2D eigenvalue weighted by Gasteiger charge is -2.27. The van der Waals surface area contributed by atoms with Crippen molar-refractivity contribution in [1.82, 2.24) is 4.90 Å². The van der Waals surface area contributed by atoms with Gasteiger partial charge in [0.1, 0.15) is 12.4 Å². The van der Waals surface area contributed by atoms with Gasteiger partial charge in [-0.1, -0.05) is 32.9 Å². The van der Waals surface area contributed by atoms with E-state index < -0.39 is 0 Å². The van der Waals surface area contributed by atoms with E-state index in [4.69, 9.17) is 15.2 Å². The zero-order valence-corrected chi connectivity index (χ0v) is 16.6. The molecule has 1 heterocycles. The van der Waals surface area contributed by atoms with Crippen molar-refractivity contribution in [3.05, 3.63) is 29.8 Å². The van der Waals surface area contributed by atoms with E-state index in [2.05, 4.69) is 37.9 Å². The Morgan fingerprint density at radius 1 is 1.30 bits per heavy atom. The van der Waals surface area contributed by atoms with Gasteiger partial charge in [0, 0.05) is 13.1 Å². The first-order valence-corrected chi connectivity index (χ1v) is 7.83. The molecule has 0 unspecified atom stereocenters. The molecule has 0 bridgehead atoms. The lowest BCUT2D eigenvalue weighted by atomic mass is 9.87. The number of aliphatic imine (C=N–C) groups is 1. The fourth-order valence-corrected chi connectivity index (χ4v) is 2.27. The van der Waals surface area contributed by atoms with Crippen LogP contribution in [0.2, 0.25) is 0 Å². The number of rotatable bonds is 4. The van der Waals surface area contributed by atoms with Gasteiger partial charge in [-0.05, 0) is 23.1 Å². The van der Waals surface area contributed by atoms with Crippen molar-refractivity contribution >= 4 is 29.9 Å². The molecule has 0 atom stereocenters. The Kier molecular flexibility index (Phi) is 8.11. The van der Waals surface area contributed by atoms with Crippen LogP contribution >= 0.6 is 24.0 Å². The summed E-state index contributed by atoms with van der Waals surface area (Å²) in [4.78, 5) is 6.42. The Morgan fingerprint density at radius 3 is 2.65 bits per heavy atom. The molecule has 6 heteroatoms. The van der Waals surface area contributed by atoms with Crippen molar-refractivity contribution in [3.63, 3.8) is 0 Å². The summed E-state index contributed by atoms with van der Waals surface area (Å²) in [5, 5.41) is 0. The molecular weight excluding hydrogens is 405 g/mol. The fourth-order valence-electron chi connectivity index (χ4n) is 2.27. The second-order valence-electron chi connectivity index (χ2n) is 6.47. The highest BCUT2D eigenvalue weighted by Gasteiger charge is 2.14. The second kappa shape index (κ2) is 9.32. The molecule has 130 valence electrons. The van der Waals surface area contributed by atoms with Gasteiger partial charge in [-0.15, -0.1) is 24.0 Å². The van der Waals surface area contributed by atoms with Gasteiger partial charge in [0.2, 0.25) is 0 Å². The van der Waals surface area contributed by atoms with Crippen LogP contribution < -0.4 is 10.5 Å². The first-order valence-electron chi connectivity index (χ1n) is 7.83. The summed E-state index contributed by atoms with van der Waals surface area (Å²) < 4.78 is 11.1. The standard InChI is InChI=1S/C17H27N3O2.HI/c1-17(2,3)14-5-4-6-15(13-14)22-10-7-19-16(18)20-8-11-21-12-9-20;/h4-6,13H,7-12H2,1-3H3,(H2,18,19);1H. The van der Waals surface area contributed by atoms with E-state index in [1.165, 1.54) is 5.56 Å². The largest absolute Gasteiger partial charge is 0.492 e. The highest BCUT2D eigenvalue weighted by atomic mass is 127. The minimum atomic E-state index is 0. The zero-order valence-electron chi connectivity index (χ0n) is 14.2. The van der Waals surface area contributed by atoms with Gasteiger partial charge in [-0.25, -0.2) is 4.99 Å². The van der Waals surface area contributed by atoms with E-state index in [1.807, 2.05) is 17.0 Å². The zero-order chi connectivity index (χ0) is 16.0. The molecule has 0 aromatic heterocycles. The molecule has 1 saturated heterocycles. The van der Waals surface area contributed by atoms with Gasteiger partial charge in [0.25, 0.3) is 0 Å². The molecule has 2 rings (SSSR count). The molecule has 1 fully saturated rings. The third-order valence-electron chi connectivity index (χ3n) is 3.67. The number of morpholine rings is 1. The number of hydrogen-bond acceptors (Lipinski definition) is 3. The van der Waals surface area contributed by atoms with E-state index in [-0.39, 0.29) is 29.4 Å². The van der Waals surface area contributed by atoms with E-state index >= 15 is 0 Å². The number of ether oxygens (including phenoxy) is 2. The Balaban J connectivity index is 0.00000264. The molecule has 0 radical (unpaired) electrons. The predicted molar refractivity (Wildman–Crippen MR) is 105 cm³/mol. The summed E-state index contributed by atoms with van der Waals surface area (Å²) in [6.07, 6.45) is 0. The minimum Gasteiger partial charge on any atom is -0.492 e. The Morgan fingerprint density at radius 2 is 2.00 bits per heavy atom. The van der Waals surface area contributed by atoms with Crippen LogP contribution in [0.4, 0.5) is 0 Å². The van der Waals surface area contributed by atoms with E-state index in [9.17, 15) is 0 Å². The molecular formula is C17H28IN3O2. The molecule has 0 amide bonds. The maximum atomic E-state index is 5.97. The molecule has 0 aliphatic carbocycles. The summed E-state index contributed by atoms with van der Waals surface area (Å²) in [7, 11) is 0. The van der Waals surface area contributed by atoms with Crippen LogP contribution in [0.25, 0.3) is 0 Å². The molecule has 1 aromatic carbocycles. The molecule has 1 aromatic rings. The molecule has 5 nitrogen and oxygen atoms in total. The van der Waals surface area contributed by atoms with Crippen LogP contribution in [-0.2, 0) is 10.2 Å². The summed E-state index contributed by atoms with van der Waals surface area (Å²) in [5.41, 5.74) is 7.36. The van der Waals surface area contributed by atoms with Crippen molar-refractivity contribution in [2.24, 2.45) is 10.7 Å². The third-order valence-corrected chi connectivity index (χ3v) is 3.67. The van der Waals surface area contributed by atoms with E-state index in [0.717, 1.165) is 18.8 Å². The fraction of sp³-hybridized carbons (Fsp3) is 0.588. The molecule has 0 saturated carbocycles. The van der Waals surface area contributed by atoms with Crippen molar-refractivity contribution in [2.75, 3.05) is 39.5 Å². The highest BCUT2D eigenvalue weighted by Crippen LogP contribution is 2.25. The predicted octanol–water partition coefficient (Wildman–Crippen LogP) is 2.63. The number of guanidine groups is 1. The first-order chi connectivity index (χ1) is 10.5. The van der Waals surface area contributed by atoms with Crippen LogP contribution in [0.1, 0.15) is 26.3 Å². The average Bonchev–Trinajstić information content (AvgIpc) is 2.52. The van der Waals surface area contributed by atoms with Gasteiger partial charge in [0.05, 0.1) is 19.8 Å². The van der Waals surface area contributed by atoms with E-state index in [1.54, 1.807) is 0 Å². The Hall–Kier alpha value is -1.02. The maximum Gasteiger partial charge on any atom is 0.191 e. The van der Waals surface area contributed by atoms with Gasteiger partial charge in [0.15, 0.2) is 5.96 Å². The van der Waals surface area contributed by atoms with Gasteiger partial charge >= 0.3 is 0 Å². The molecule has 2 N–H and O–H groups in total. The molecule has 0 spiro atoms. The van der Waals surface area contributed by atoms with Crippen LogP contribution in [-0.4, -0.2) is 50.3 Å². The topological polar surface area (TPSA) is 60.1 Å². The average molecular weight is 433 g/mol. The molecule has 1 aliphatic heterocycles. The lowest BCUT2D eigenvalue weighted by molar-refractivity contribution is 0.0674. The normalized spacial score (nSPS) is 16.0. The van der Waals surface area contributed by atoms with Crippen LogP contribution in [0.15, 0.2) is 29.3 Å². The van der Waals surface area contributed by atoms with Crippen LogP contribution in [0, 0.1) is 0 Å². The third kappa shape index (κ3) is 6.55. The highest BCUT2D eigenvalue weighted by molar-refractivity contribution is 14.0. The number of nitrogens with two attached hydrogens (primary N) is 1. The molecule has 23 heavy (non-hydrogen) atoms. The number of nitrogens with zero attached hydrogens (tertiary/aromatic N) is 2. The van der Waals surface area contributed by atoms with Crippen molar-refractivity contribution in [1.29, 1.82) is 0 Å². The SMILES string of the molecule is CC(C)(C)c1cccc(OCCN=C(N)N2CCOCC2)c1.I. The summed E-state index contributed by atoms with van der Waals surface area (Å²) in [6.45, 7) is 10.7. The quantitative estimate of drug-likeness (QED) is 0.343. The van der Waals surface area contributed by atoms with Crippen molar-refractivity contribution in [2.45, 2.75) is 26.2 Å². The second-order valence-corrected chi connectivity index (χ2v) is 6.47. The number of benzene rings is 1.